The van der Waals surface area contributed by atoms with E-state index in [9.17, 15) is 4.79 Å². The minimum Gasteiger partial charge on any atom is -0.369 e. The Morgan fingerprint density at radius 1 is 1.12 bits per heavy atom. The van der Waals surface area contributed by atoms with Crippen LogP contribution in [0.25, 0.3) is 11.1 Å². The zero-order valence-electron chi connectivity index (χ0n) is 14.4. The van der Waals surface area contributed by atoms with E-state index in [1.54, 1.807) is 13.1 Å². The summed E-state index contributed by atoms with van der Waals surface area (Å²) in [5.41, 5.74) is 10.6. The highest BCUT2D eigenvalue weighted by Gasteiger charge is 2.41. The van der Waals surface area contributed by atoms with Crippen molar-refractivity contribution < 1.29 is 0 Å². The van der Waals surface area contributed by atoms with Gasteiger partial charge < -0.3 is 5.73 Å². The largest absolute Gasteiger partial charge is 0.369 e. The van der Waals surface area contributed by atoms with Crippen LogP contribution in [0.3, 0.4) is 0 Å². The van der Waals surface area contributed by atoms with Crippen molar-refractivity contribution in [1.82, 2.24) is 9.55 Å². The fourth-order valence-corrected chi connectivity index (χ4v) is 3.34. The lowest BCUT2D eigenvalue weighted by atomic mass is 9.99. The summed E-state index contributed by atoms with van der Waals surface area (Å²) < 4.78 is 1.35. The van der Waals surface area contributed by atoms with Crippen molar-refractivity contribution in [2.45, 2.75) is 18.3 Å². The Bertz CT molecular complexity index is 1080. The van der Waals surface area contributed by atoms with Crippen LogP contribution in [0, 0.1) is 11.3 Å². The molecular formula is C21H18N4O. The molecule has 1 saturated carbocycles. The fraction of sp³-hybridized carbons (Fsp3) is 0.190. The Morgan fingerprint density at radius 2 is 1.88 bits per heavy atom. The summed E-state index contributed by atoms with van der Waals surface area (Å²) in [6, 6.07) is 19.7. The number of nitrogens with two attached hydrogens (primary N) is 1. The maximum Gasteiger partial charge on any atom is 0.254 e. The van der Waals surface area contributed by atoms with Crippen LogP contribution in [0.2, 0.25) is 0 Å². The molecule has 0 bridgehead atoms. The van der Waals surface area contributed by atoms with Gasteiger partial charge in [-0.15, -0.1) is 0 Å². The van der Waals surface area contributed by atoms with Crippen molar-refractivity contribution in [1.29, 1.82) is 5.26 Å². The van der Waals surface area contributed by atoms with Gasteiger partial charge in [-0.2, -0.15) is 5.26 Å². The first-order valence-electron chi connectivity index (χ1n) is 8.51. The van der Waals surface area contributed by atoms with E-state index >= 15 is 0 Å². The Balaban J connectivity index is 1.60. The quantitative estimate of drug-likeness (QED) is 0.792. The molecule has 2 atom stereocenters. The van der Waals surface area contributed by atoms with Gasteiger partial charge in [0, 0.05) is 19.0 Å². The van der Waals surface area contributed by atoms with Gasteiger partial charge in [0.1, 0.15) is 0 Å². The van der Waals surface area contributed by atoms with E-state index in [1.807, 2.05) is 30.3 Å². The number of hydrogen-bond donors (Lipinski definition) is 1. The van der Waals surface area contributed by atoms with Crippen LogP contribution in [-0.4, -0.2) is 9.55 Å². The molecule has 26 heavy (non-hydrogen) atoms. The predicted molar refractivity (Wildman–Crippen MR) is 101 cm³/mol. The number of nitrogen functional groups attached to an aromatic ring is 1. The van der Waals surface area contributed by atoms with E-state index in [0.717, 1.165) is 23.2 Å². The molecule has 5 heteroatoms. The normalized spacial score (nSPS) is 18.3. The number of nitriles is 1. The van der Waals surface area contributed by atoms with Crippen LogP contribution in [-0.2, 0) is 7.05 Å². The van der Waals surface area contributed by atoms with Crippen molar-refractivity contribution in [2.24, 2.45) is 7.05 Å². The maximum absolute atomic E-state index is 11.9. The number of anilines is 1. The fourth-order valence-electron chi connectivity index (χ4n) is 3.34. The van der Waals surface area contributed by atoms with Crippen LogP contribution in [0.4, 0.5) is 5.95 Å². The molecule has 2 aromatic carbocycles. The summed E-state index contributed by atoms with van der Waals surface area (Å²) in [6.45, 7) is 0. The summed E-state index contributed by atoms with van der Waals surface area (Å²) in [5, 5.41) is 8.93. The number of hydrogen-bond acceptors (Lipinski definition) is 4. The Kier molecular flexibility index (Phi) is 3.81. The second-order valence-electron chi connectivity index (χ2n) is 6.70. The van der Waals surface area contributed by atoms with E-state index in [2.05, 4.69) is 29.3 Å². The zero-order chi connectivity index (χ0) is 18.3. The molecule has 0 amide bonds. The van der Waals surface area contributed by atoms with Crippen molar-refractivity contribution in [2.75, 3.05) is 5.73 Å². The Morgan fingerprint density at radius 3 is 2.58 bits per heavy atom. The molecule has 0 unspecified atom stereocenters. The number of benzene rings is 2. The molecule has 5 nitrogen and oxygen atoms in total. The van der Waals surface area contributed by atoms with Gasteiger partial charge in [-0.1, -0.05) is 36.4 Å². The summed E-state index contributed by atoms with van der Waals surface area (Å²) in [6.07, 6.45) is 0.969. The molecule has 1 heterocycles. The van der Waals surface area contributed by atoms with Gasteiger partial charge in [0.25, 0.3) is 5.56 Å². The van der Waals surface area contributed by atoms with Gasteiger partial charge in [-0.25, -0.2) is 4.98 Å². The van der Waals surface area contributed by atoms with E-state index < -0.39 is 0 Å². The topological polar surface area (TPSA) is 84.7 Å². The lowest BCUT2D eigenvalue weighted by molar-refractivity contribution is 0.813. The summed E-state index contributed by atoms with van der Waals surface area (Å²) in [4.78, 5) is 16.3. The highest BCUT2D eigenvalue weighted by Crippen LogP contribution is 2.54. The van der Waals surface area contributed by atoms with Crippen molar-refractivity contribution >= 4 is 5.95 Å². The third kappa shape index (κ3) is 2.86. The molecule has 1 aliphatic carbocycles. The lowest BCUT2D eigenvalue weighted by Gasteiger charge is -2.07. The van der Waals surface area contributed by atoms with Crippen LogP contribution in [0.5, 0.6) is 0 Å². The second kappa shape index (κ2) is 6.16. The van der Waals surface area contributed by atoms with Gasteiger partial charge >= 0.3 is 0 Å². The smallest absolute Gasteiger partial charge is 0.254 e. The molecular weight excluding hydrogens is 324 g/mol. The Labute approximate surface area is 151 Å². The molecule has 0 saturated heterocycles. The third-order valence-corrected chi connectivity index (χ3v) is 5.02. The Hall–Kier alpha value is -3.39. The first-order chi connectivity index (χ1) is 12.6. The van der Waals surface area contributed by atoms with Gasteiger partial charge in [0.05, 0.1) is 17.3 Å². The highest BCUT2D eigenvalue weighted by molar-refractivity contribution is 5.65. The first kappa shape index (κ1) is 16.1. The van der Waals surface area contributed by atoms with Gasteiger partial charge in [-0.05, 0) is 41.2 Å². The average Bonchev–Trinajstić information content (AvgIpc) is 3.47. The summed E-state index contributed by atoms with van der Waals surface area (Å²) in [7, 11) is 1.62. The first-order valence-corrected chi connectivity index (χ1v) is 8.51. The summed E-state index contributed by atoms with van der Waals surface area (Å²) in [5.74, 6) is 0.847. The molecule has 128 valence electrons. The molecule has 4 rings (SSSR count). The predicted octanol–water partition coefficient (Wildman–Crippen LogP) is 3.17. The molecule has 1 aromatic heterocycles. The van der Waals surface area contributed by atoms with Crippen LogP contribution >= 0.6 is 0 Å². The average molecular weight is 342 g/mol. The SMILES string of the molecule is Cn1c(N)nc([C@H]2C[C@H]2c2cccc(-c3ccc(C#N)cc3)c2)cc1=O. The second-order valence-corrected chi connectivity index (χ2v) is 6.70. The molecule has 3 aromatic rings. The molecule has 0 spiro atoms. The highest BCUT2D eigenvalue weighted by atomic mass is 16.1. The van der Waals surface area contributed by atoms with Crippen LogP contribution < -0.4 is 11.3 Å². The van der Waals surface area contributed by atoms with Crippen molar-refractivity contribution in [3.8, 4) is 17.2 Å². The van der Waals surface area contributed by atoms with Crippen LogP contribution in [0.1, 0.15) is 35.1 Å². The van der Waals surface area contributed by atoms with E-state index in [1.165, 1.54) is 10.1 Å². The van der Waals surface area contributed by atoms with Gasteiger partial charge in [0.2, 0.25) is 5.95 Å². The van der Waals surface area contributed by atoms with Crippen molar-refractivity contribution in [3.05, 3.63) is 81.8 Å². The number of rotatable bonds is 3. The number of nitrogens with zero attached hydrogens (tertiary/aromatic N) is 3. The van der Waals surface area contributed by atoms with Gasteiger partial charge in [0.15, 0.2) is 0 Å². The molecule has 0 radical (unpaired) electrons. The minimum absolute atomic E-state index is 0.121. The maximum atomic E-state index is 11.9. The van der Waals surface area contributed by atoms with E-state index in [0.29, 0.717) is 11.5 Å². The number of aromatic nitrogens is 2. The molecule has 0 aliphatic heterocycles. The van der Waals surface area contributed by atoms with Gasteiger partial charge in [-0.3, -0.25) is 9.36 Å². The van der Waals surface area contributed by atoms with Crippen molar-refractivity contribution in [3.63, 3.8) is 0 Å². The molecule has 2 N–H and O–H groups in total. The lowest BCUT2D eigenvalue weighted by Crippen LogP contribution is -2.21. The molecule has 1 fully saturated rings. The monoisotopic (exact) mass is 342 g/mol. The van der Waals surface area contributed by atoms with Crippen LogP contribution in [0.15, 0.2) is 59.4 Å². The third-order valence-electron chi connectivity index (χ3n) is 5.02. The van der Waals surface area contributed by atoms with E-state index in [4.69, 9.17) is 11.0 Å². The molecule has 1 aliphatic rings. The minimum atomic E-state index is -0.121. The standard InChI is InChI=1S/C21H18N4O/c1-25-20(26)11-19(24-21(25)23)18-10-17(18)16-4-2-3-15(9-16)14-7-5-13(12-22)6-8-14/h2-9,11,17-18H,10H2,1H3,(H2,23,24)/t17-,18-/m0/s1. The zero-order valence-corrected chi connectivity index (χ0v) is 14.4. The summed E-state index contributed by atoms with van der Waals surface area (Å²) >= 11 is 0. The van der Waals surface area contributed by atoms with E-state index in [-0.39, 0.29) is 17.4 Å².